The molecule has 27 heavy (non-hydrogen) atoms. The second kappa shape index (κ2) is 10.4. The Morgan fingerprint density at radius 2 is 1.78 bits per heavy atom. The molecular weight excluding hydrogens is 497 g/mol. The van der Waals surface area contributed by atoms with Crippen LogP contribution < -0.4 is 4.72 Å². The van der Waals surface area contributed by atoms with Crippen LogP contribution in [0.25, 0.3) is 0 Å². The molecule has 2 rings (SSSR count). The van der Waals surface area contributed by atoms with Crippen molar-refractivity contribution in [3.63, 3.8) is 0 Å². The van der Waals surface area contributed by atoms with Gasteiger partial charge in [-0.25, -0.2) is 8.42 Å². The van der Waals surface area contributed by atoms with E-state index in [4.69, 9.17) is 4.74 Å². The van der Waals surface area contributed by atoms with E-state index in [1.165, 1.54) is 12.1 Å². The zero-order valence-corrected chi connectivity index (χ0v) is 18.9. The van der Waals surface area contributed by atoms with Crippen LogP contribution in [-0.4, -0.2) is 30.3 Å². The molecule has 2 aromatic carbocycles. The number of benzene rings is 2. The zero-order chi connectivity index (χ0) is 19.9. The molecule has 8 heteroatoms. The number of alkyl halides is 1. The highest BCUT2D eigenvalue weighted by Gasteiger charge is 2.29. The van der Waals surface area contributed by atoms with Crippen molar-refractivity contribution in [2.24, 2.45) is 0 Å². The van der Waals surface area contributed by atoms with E-state index in [0.717, 1.165) is 10.5 Å². The second-order valence-electron chi connectivity index (χ2n) is 5.82. The Kier molecular flexibility index (Phi) is 8.59. The van der Waals surface area contributed by atoms with Gasteiger partial charge in [0.15, 0.2) is 0 Å². The number of rotatable bonds is 9. The Balaban J connectivity index is 2.13. The molecule has 2 unspecified atom stereocenters. The van der Waals surface area contributed by atoms with Gasteiger partial charge in [0.05, 0.1) is 14.8 Å². The van der Waals surface area contributed by atoms with Crippen LogP contribution in [0.2, 0.25) is 0 Å². The third-order valence-corrected chi connectivity index (χ3v) is 7.38. The van der Waals surface area contributed by atoms with Crippen LogP contribution in [0.5, 0.6) is 0 Å². The lowest BCUT2D eigenvalue weighted by Crippen LogP contribution is -2.42. The Morgan fingerprint density at radius 1 is 1.15 bits per heavy atom. The summed E-state index contributed by atoms with van der Waals surface area (Å²) in [5, 5.41) is 0. The molecule has 0 aromatic heterocycles. The van der Waals surface area contributed by atoms with Crippen LogP contribution in [0.4, 0.5) is 0 Å². The maximum absolute atomic E-state index is 12.7. The minimum atomic E-state index is -3.82. The molecule has 146 valence electrons. The van der Waals surface area contributed by atoms with Gasteiger partial charge in [0.2, 0.25) is 10.0 Å². The lowest BCUT2D eigenvalue weighted by atomic mass is 10.2. The van der Waals surface area contributed by atoms with Crippen molar-refractivity contribution in [1.82, 2.24) is 4.72 Å². The number of carbonyl (C=O) groups is 1. The van der Waals surface area contributed by atoms with Crippen molar-refractivity contribution >= 4 is 50.3 Å². The van der Waals surface area contributed by atoms with Gasteiger partial charge in [0.1, 0.15) is 6.04 Å². The van der Waals surface area contributed by atoms with E-state index in [2.05, 4.69) is 27.3 Å². The molecule has 0 aliphatic rings. The lowest BCUT2D eigenvalue weighted by Gasteiger charge is -2.20. The number of hydrogen-bond donors (Lipinski definition) is 1. The van der Waals surface area contributed by atoms with E-state index in [9.17, 15) is 13.2 Å². The van der Waals surface area contributed by atoms with Gasteiger partial charge in [0.25, 0.3) is 0 Å². The van der Waals surface area contributed by atoms with E-state index < -0.39 is 22.0 Å². The number of halogens is 1. The Bertz CT molecular complexity index is 842. The van der Waals surface area contributed by atoms with Gasteiger partial charge in [-0.05, 0) is 44.5 Å². The molecule has 2 atom stereocenters. The molecule has 0 aliphatic heterocycles. The molecule has 0 aliphatic carbocycles. The molecule has 0 radical (unpaired) electrons. The SMILES string of the molecule is CCOC(=O)C(CC(I)Sc1ccccc1)NS(=O)(=O)c1ccc(C)cc1. The van der Waals surface area contributed by atoms with Crippen LogP contribution in [-0.2, 0) is 19.6 Å². The number of ether oxygens (including phenoxy) is 1. The van der Waals surface area contributed by atoms with Crippen molar-refractivity contribution < 1.29 is 17.9 Å². The molecule has 0 saturated carbocycles. The van der Waals surface area contributed by atoms with Gasteiger partial charge in [-0.15, -0.1) is 11.8 Å². The molecule has 5 nitrogen and oxygen atoms in total. The van der Waals surface area contributed by atoms with Gasteiger partial charge in [-0.2, -0.15) is 4.72 Å². The van der Waals surface area contributed by atoms with E-state index >= 15 is 0 Å². The highest BCUT2D eigenvalue weighted by molar-refractivity contribution is 14.1. The standard InChI is InChI=1S/C19H22INO4S2/c1-3-25-19(22)17(13-18(20)26-15-7-5-4-6-8-15)21-27(23,24)16-11-9-14(2)10-12-16/h4-12,17-18,21H,3,13H2,1-2H3. The summed E-state index contributed by atoms with van der Waals surface area (Å²) in [4.78, 5) is 13.5. The number of hydrogen-bond acceptors (Lipinski definition) is 5. The van der Waals surface area contributed by atoms with Crippen LogP contribution in [0.1, 0.15) is 18.9 Å². The summed E-state index contributed by atoms with van der Waals surface area (Å²) in [5.74, 6) is -0.566. The summed E-state index contributed by atoms with van der Waals surface area (Å²) in [7, 11) is -3.82. The van der Waals surface area contributed by atoms with E-state index in [1.54, 1.807) is 30.8 Å². The van der Waals surface area contributed by atoms with Gasteiger partial charge in [0, 0.05) is 4.90 Å². The fraction of sp³-hybridized carbons (Fsp3) is 0.316. The lowest BCUT2D eigenvalue weighted by molar-refractivity contribution is -0.145. The van der Waals surface area contributed by atoms with Crippen molar-refractivity contribution in [3.05, 3.63) is 60.2 Å². The quantitative estimate of drug-likeness (QED) is 0.233. The molecule has 0 bridgehead atoms. The first-order valence-electron chi connectivity index (χ1n) is 8.43. The van der Waals surface area contributed by atoms with Crippen LogP contribution in [0.15, 0.2) is 64.4 Å². The van der Waals surface area contributed by atoms with Crippen LogP contribution in [0, 0.1) is 6.92 Å². The van der Waals surface area contributed by atoms with E-state index in [0.29, 0.717) is 6.42 Å². The number of esters is 1. The monoisotopic (exact) mass is 519 g/mol. The predicted octanol–water partition coefficient (Wildman–Crippen LogP) is 4.15. The van der Waals surface area contributed by atoms with Crippen molar-refractivity contribution in [1.29, 1.82) is 0 Å². The van der Waals surface area contributed by atoms with Crippen LogP contribution >= 0.6 is 34.4 Å². The number of carbonyl (C=O) groups excluding carboxylic acids is 1. The van der Waals surface area contributed by atoms with Crippen molar-refractivity contribution in [3.8, 4) is 0 Å². The Morgan fingerprint density at radius 3 is 2.37 bits per heavy atom. The highest BCUT2D eigenvalue weighted by atomic mass is 127. The zero-order valence-electron chi connectivity index (χ0n) is 15.1. The average Bonchev–Trinajstić information content (AvgIpc) is 2.62. The third-order valence-electron chi connectivity index (χ3n) is 3.63. The highest BCUT2D eigenvalue weighted by Crippen LogP contribution is 2.31. The fourth-order valence-electron chi connectivity index (χ4n) is 2.29. The first-order valence-corrected chi connectivity index (χ1v) is 12.0. The number of sulfonamides is 1. The minimum absolute atomic E-state index is 0.0138. The van der Waals surface area contributed by atoms with E-state index in [-0.39, 0.29) is 14.8 Å². The molecule has 0 saturated heterocycles. The molecule has 2 aromatic rings. The molecule has 0 spiro atoms. The molecule has 1 N–H and O–H groups in total. The third kappa shape index (κ3) is 7.10. The average molecular weight is 519 g/mol. The van der Waals surface area contributed by atoms with E-state index in [1.807, 2.05) is 37.3 Å². The molecule has 0 amide bonds. The molecule has 0 fully saturated rings. The molecular formula is C19H22INO4S2. The topological polar surface area (TPSA) is 72.5 Å². The second-order valence-corrected chi connectivity index (χ2v) is 11.2. The maximum atomic E-state index is 12.7. The smallest absolute Gasteiger partial charge is 0.324 e. The Labute approximate surface area is 178 Å². The number of thioether (sulfide) groups is 1. The number of nitrogens with one attached hydrogen (secondary N) is 1. The first-order chi connectivity index (χ1) is 12.8. The fourth-order valence-corrected chi connectivity index (χ4v) is 5.77. The summed E-state index contributed by atoms with van der Waals surface area (Å²) in [6.45, 7) is 3.77. The normalized spacial score (nSPS) is 13.7. The number of aryl methyl sites for hydroxylation is 1. The molecule has 0 heterocycles. The van der Waals surface area contributed by atoms with Gasteiger partial charge >= 0.3 is 5.97 Å². The first kappa shape index (κ1) is 22.2. The van der Waals surface area contributed by atoms with Crippen molar-refractivity contribution in [2.75, 3.05) is 6.61 Å². The summed E-state index contributed by atoms with van der Waals surface area (Å²) >= 11 is 3.79. The van der Waals surface area contributed by atoms with Gasteiger partial charge in [-0.1, -0.05) is 58.5 Å². The summed E-state index contributed by atoms with van der Waals surface area (Å²) < 4.78 is 32.9. The van der Waals surface area contributed by atoms with Crippen LogP contribution in [0.3, 0.4) is 0 Å². The summed E-state index contributed by atoms with van der Waals surface area (Å²) in [6, 6.07) is 15.3. The Hall–Kier alpha value is -1.10. The predicted molar refractivity (Wildman–Crippen MR) is 117 cm³/mol. The minimum Gasteiger partial charge on any atom is -0.465 e. The maximum Gasteiger partial charge on any atom is 0.324 e. The van der Waals surface area contributed by atoms with Gasteiger partial charge in [-0.3, -0.25) is 4.79 Å². The summed E-state index contributed by atoms with van der Waals surface area (Å²) in [6.07, 6.45) is 0.310. The summed E-state index contributed by atoms with van der Waals surface area (Å²) in [5.41, 5.74) is 0.961. The largest absolute Gasteiger partial charge is 0.465 e. The van der Waals surface area contributed by atoms with Gasteiger partial charge < -0.3 is 4.74 Å². The van der Waals surface area contributed by atoms with Crippen molar-refractivity contribution in [2.45, 2.75) is 39.4 Å².